The first-order valence-electron chi connectivity index (χ1n) is 7.56. The zero-order chi connectivity index (χ0) is 19.0. The van der Waals surface area contributed by atoms with E-state index in [9.17, 15) is 20.0 Å². The number of nitro benzene ring substituents is 1. The number of aromatic hydroxyl groups is 1. The van der Waals surface area contributed by atoms with Crippen molar-refractivity contribution >= 4 is 41.0 Å². The SMILES string of the molecule is C=CCn1c(O)c(C=C2C(C)=Nc3ccc([N+](=O)[O-])cc32)c(=O)[nH]c1=S. The van der Waals surface area contributed by atoms with Gasteiger partial charge in [0.05, 0.1) is 10.6 Å². The molecule has 1 aliphatic heterocycles. The minimum atomic E-state index is -0.563. The van der Waals surface area contributed by atoms with Crippen LogP contribution in [0.15, 0.2) is 40.6 Å². The van der Waals surface area contributed by atoms with E-state index in [-0.39, 0.29) is 28.4 Å². The van der Waals surface area contributed by atoms with Crippen LogP contribution in [0.5, 0.6) is 5.88 Å². The zero-order valence-electron chi connectivity index (χ0n) is 13.7. The summed E-state index contributed by atoms with van der Waals surface area (Å²) in [5.41, 5.74) is 1.53. The Kier molecular flexibility index (Phi) is 4.39. The quantitative estimate of drug-likeness (QED) is 0.371. The molecule has 0 bridgehead atoms. The van der Waals surface area contributed by atoms with Gasteiger partial charge in [-0.15, -0.1) is 6.58 Å². The molecule has 0 radical (unpaired) electrons. The number of nitro groups is 1. The second kappa shape index (κ2) is 6.52. The van der Waals surface area contributed by atoms with Crippen molar-refractivity contribution in [1.29, 1.82) is 0 Å². The molecule has 2 heterocycles. The van der Waals surface area contributed by atoms with Crippen LogP contribution in [0, 0.1) is 14.9 Å². The normalized spacial score (nSPS) is 14.2. The van der Waals surface area contributed by atoms with Gasteiger partial charge in [-0.2, -0.15) is 0 Å². The van der Waals surface area contributed by atoms with Crippen molar-refractivity contribution in [3.05, 3.63) is 67.2 Å². The van der Waals surface area contributed by atoms with E-state index in [0.717, 1.165) is 0 Å². The van der Waals surface area contributed by atoms with E-state index in [0.29, 0.717) is 22.5 Å². The number of hydrogen-bond donors (Lipinski definition) is 2. The van der Waals surface area contributed by atoms with Crippen LogP contribution in [-0.4, -0.2) is 25.3 Å². The van der Waals surface area contributed by atoms with E-state index in [1.807, 2.05) is 0 Å². The highest BCUT2D eigenvalue weighted by Gasteiger charge is 2.22. The van der Waals surface area contributed by atoms with Crippen LogP contribution in [0.3, 0.4) is 0 Å². The third kappa shape index (κ3) is 2.88. The second-order valence-electron chi connectivity index (χ2n) is 5.61. The van der Waals surface area contributed by atoms with Crippen LogP contribution in [0.2, 0.25) is 0 Å². The summed E-state index contributed by atoms with van der Waals surface area (Å²) in [7, 11) is 0. The first kappa shape index (κ1) is 17.5. The predicted octanol–water partition coefficient (Wildman–Crippen LogP) is 3.35. The van der Waals surface area contributed by atoms with Crippen molar-refractivity contribution in [2.24, 2.45) is 4.99 Å². The fourth-order valence-corrected chi connectivity index (χ4v) is 2.97. The van der Waals surface area contributed by atoms with Gasteiger partial charge in [-0.05, 0) is 31.3 Å². The lowest BCUT2D eigenvalue weighted by molar-refractivity contribution is -0.384. The molecule has 8 nitrogen and oxygen atoms in total. The molecule has 9 heteroatoms. The number of aromatic amines is 1. The molecule has 0 atom stereocenters. The van der Waals surface area contributed by atoms with E-state index < -0.39 is 10.5 Å². The van der Waals surface area contributed by atoms with Gasteiger partial charge in [0.1, 0.15) is 5.56 Å². The Labute approximate surface area is 152 Å². The first-order chi connectivity index (χ1) is 12.3. The molecule has 0 spiro atoms. The van der Waals surface area contributed by atoms with E-state index in [4.69, 9.17) is 12.2 Å². The number of fused-ring (bicyclic) bond motifs is 1. The van der Waals surface area contributed by atoms with Gasteiger partial charge in [-0.1, -0.05) is 6.08 Å². The number of rotatable bonds is 4. The minimum Gasteiger partial charge on any atom is -0.494 e. The molecular weight excluding hydrogens is 356 g/mol. The molecule has 0 aliphatic carbocycles. The molecule has 2 N–H and O–H groups in total. The molecule has 0 saturated heterocycles. The summed E-state index contributed by atoms with van der Waals surface area (Å²) in [4.78, 5) is 29.7. The monoisotopic (exact) mass is 370 g/mol. The maximum atomic E-state index is 12.3. The topological polar surface area (TPSA) is 114 Å². The summed E-state index contributed by atoms with van der Waals surface area (Å²) >= 11 is 5.05. The van der Waals surface area contributed by atoms with E-state index >= 15 is 0 Å². The van der Waals surface area contributed by atoms with Crippen LogP contribution < -0.4 is 5.56 Å². The number of benzene rings is 1. The number of hydrogen-bond acceptors (Lipinski definition) is 6. The zero-order valence-corrected chi connectivity index (χ0v) is 14.5. The van der Waals surface area contributed by atoms with Crippen molar-refractivity contribution in [1.82, 2.24) is 9.55 Å². The molecule has 1 aromatic heterocycles. The van der Waals surface area contributed by atoms with Gasteiger partial charge in [-0.3, -0.25) is 29.5 Å². The van der Waals surface area contributed by atoms with Gasteiger partial charge >= 0.3 is 0 Å². The standard InChI is InChI=1S/C17H14N4O4S/c1-3-6-20-16(23)13(15(22)19-17(20)26)8-11-9(2)18-14-5-4-10(21(24)25)7-12(11)14/h3-5,7-8,23H,1,6H2,2H3,(H,19,22,26). The largest absolute Gasteiger partial charge is 0.494 e. The van der Waals surface area contributed by atoms with Crippen LogP contribution in [0.25, 0.3) is 11.6 Å². The summed E-state index contributed by atoms with van der Waals surface area (Å²) < 4.78 is 1.40. The van der Waals surface area contributed by atoms with E-state index in [2.05, 4.69) is 16.6 Å². The summed E-state index contributed by atoms with van der Waals surface area (Å²) in [6.45, 7) is 5.53. The Hall–Kier alpha value is -3.33. The Morgan fingerprint density at radius 2 is 2.23 bits per heavy atom. The Morgan fingerprint density at radius 1 is 1.50 bits per heavy atom. The van der Waals surface area contributed by atoms with Crippen molar-refractivity contribution < 1.29 is 10.0 Å². The lowest BCUT2D eigenvalue weighted by Gasteiger charge is -2.10. The highest BCUT2D eigenvalue weighted by atomic mass is 32.1. The smallest absolute Gasteiger partial charge is 0.270 e. The molecule has 3 rings (SSSR count). The minimum absolute atomic E-state index is 0.00986. The third-order valence-corrected chi connectivity index (χ3v) is 4.29. The van der Waals surface area contributed by atoms with E-state index in [1.54, 1.807) is 13.0 Å². The Bertz CT molecular complexity index is 1120. The summed E-state index contributed by atoms with van der Waals surface area (Å²) in [5, 5.41) is 21.5. The molecule has 0 saturated carbocycles. The fraction of sp³-hybridized carbons (Fsp3) is 0.118. The molecule has 0 amide bonds. The molecular formula is C17H14N4O4S. The predicted molar refractivity (Wildman–Crippen MR) is 101 cm³/mol. The number of H-pyrrole nitrogens is 1. The van der Waals surface area contributed by atoms with Crippen molar-refractivity contribution in [2.45, 2.75) is 13.5 Å². The summed E-state index contributed by atoms with van der Waals surface area (Å²) in [5.74, 6) is -0.308. The number of nitrogens with one attached hydrogen (secondary N) is 1. The van der Waals surface area contributed by atoms with Gasteiger partial charge in [-0.25, -0.2) is 0 Å². The Morgan fingerprint density at radius 3 is 2.88 bits per heavy atom. The molecule has 0 fully saturated rings. The number of non-ortho nitro benzene ring substituents is 1. The van der Waals surface area contributed by atoms with Gasteiger partial charge in [0, 0.05) is 35.5 Å². The summed E-state index contributed by atoms with van der Waals surface area (Å²) in [6.07, 6.45) is 2.99. The number of aromatic nitrogens is 2. The molecule has 26 heavy (non-hydrogen) atoms. The summed E-state index contributed by atoms with van der Waals surface area (Å²) in [6, 6.07) is 4.31. The highest BCUT2D eigenvalue weighted by molar-refractivity contribution is 7.71. The Balaban J connectivity index is 2.23. The van der Waals surface area contributed by atoms with Crippen molar-refractivity contribution in [3.8, 4) is 5.88 Å². The average molecular weight is 370 g/mol. The van der Waals surface area contributed by atoms with Gasteiger partial charge in [0.15, 0.2) is 4.77 Å². The van der Waals surface area contributed by atoms with Crippen molar-refractivity contribution in [3.63, 3.8) is 0 Å². The molecule has 0 unspecified atom stereocenters. The van der Waals surface area contributed by atoms with Crippen LogP contribution >= 0.6 is 12.2 Å². The maximum Gasteiger partial charge on any atom is 0.270 e. The molecule has 2 aromatic rings. The van der Waals surface area contributed by atoms with Crippen molar-refractivity contribution in [2.75, 3.05) is 0 Å². The van der Waals surface area contributed by atoms with Gasteiger partial charge in [0.25, 0.3) is 11.2 Å². The maximum absolute atomic E-state index is 12.3. The first-order valence-corrected chi connectivity index (χ1v) is 7.97. The van der Waals surface area contributed by atoms with E-state index in [1.165, 1.54) is 28.9 Å². The highest BCUT2D eigenvalue weighted by Crippen LogP contribution is 2.38. The van der Waals surface area contributed by atoms with Gasteiger partial charge < -0.3 is 5.11 Å². The number of allylic oxidation sites excluding steroid dienone is 2. The molecule has 132 valence electrons. The fourth-order valence-electron chi connectivity index (χ4n) is 2.72. The lowest BCUT2D eigenvalue weighted by Crippen LogP contribution is -2.16. The van der Waals surface area contributed by atoms with Crippen LogP contribution in [0.1, 0.15) is 18.1 Å². The lowest BCUT2D eigenvalue weighted by atomic mass is 10.0. The second-order valence-corrected chi connectivity index (χ2v) is 6.00. The van der Waals surface area contributed by atoms with Gasteiger partial charge in [0.2, 0.25) is 5.88 Å². The van der Waals surface area contributed by atoms with Crippen LogP contribution in [0.4, 0.5) is 11.4 Å². The van der Waals surface area contributed by atoms with Crippen LogP contribution in [-0.2, 0) is 6.54 Å². The average Bonchev–Trinajstić information content (AvgIpc) is 2.89. The number of nitrogens with zero attached hydrogens (tertiary/aromatic N) is 3. The number of aliphatic imine (C=N–C) groups is 1. The molecule has 1 aromatic carbocycles. The third-order valence-electron chi connectivity index (χ3n) is 3.97. The molecule has 1 aliphatic rings.